The van der Waals surface area contributed by atoms with Crippen molar-refractivity contribution in [1.29, 1.82) is 0 Å². The SMILES string of the molecule is Cn1cnc(S(=O)(=O)N2CCN(C3(C(Cl)NC(=O)c4ccccc4)CCCC(F)C3)CC2)c1. The number of rotatable bonds is 6. The summed E-state index contributed by atoms with van der Waals surface area (Å²) < 4.78 is 43.5. The zero-order valence-corrected chi connectivity index (χ0v) is 20.1. The van der Waals surface area contributed by atoms with E-state index in [-0.39, 0.29) is 30.4 Å². The van der Waals surface area contributed by atoms with Crippen LogP contribution >= 0.6 is 11.6 Å². The third-order valence-corrected chi connectivity index (χ3v) is 8.92. The van der Waals surface area contributed by atoms with Crippen molar-refractivity contribution in [2.45, 2.75) is 47.9 Å². The first-order valence-corrected chi connectivity index (χ1v) is 13.0. The molecule has 1 aliphatic heterocycles. The van der Waals surface area contributed by atoms with Gasteiger partial charge in [0.1, 0.15) is 11.7 Å². The Labute approximate surface area is 198 Å². The van der Waals surface area contributed by atoms with Crippen molar-refractivity contribution in [2.24, 2.45) is 7.05 Å². The van der Waals surface area contributed by atoms with E-state index in [9.17, 15) is 17.6 Å². The molecule has 2 fully saturated rings. The number of imidazole rings is 1. The highest BCUT2D eigenvalue weighted by atomic mass is 35.5. The lowest BCUT2D eigenvalue weighted by Crippen LogP contribution is -2.66. The molecule has 2 aliphatic rings. The average molecular weight is 498 g/mol. The highest BCUT2D eigenvalue weighted by molar-refractivity contribution is 7.89. The summed E-state index contributed by atoms with van der Waals surface area (Å²) in [6.07, 6.45) is 3.85. The van der Waals surface area contributed by atoms with Crippen LogP contribution in [0.2, 0.25) is 0 Å². The second-order valence-corrected chi connectivity index (χ2v) is 11.1. The molecular weight excluding hydrogens is 469 g/mol. The molecule has 1 aliphatic carbocycles. The quantitative estimate of drug-likeness (QED) is 0.489. The van der Waals surface area contributed by atoms with Crippen LogP contribution in [0, 0.1) is 0 Å². The third kappa shape index (κ3) is 4.94. The number of amides is 1. The highest BCUT2D eigenvalue weighted by Crippen LogP contribution is 2.40. The molecule has 11 heteroatoms. The molecule has 3 unspecified atom stereocenters. The minimum absolute atomic E-state index is 0.0139. The van der Waals surface area contributed by atoms with Gasteiger partial charge in [0.2, 0.25) is 0 Å². The minimum atomic E-state index is -3.70. The highest BCUT2D eigenvalue weighted by Gasteiger charge is 2.49. The second kappa shape index (κ2) is 9.69. The van der Waals surface area contributed by atoms with Gasteiger partial charge in [-0.15, -0.1) is 0 Å². The van der Waals surface area contributed by atoms with Gasteiger partial charge in [0.25, 0.3) is 15.9 Å². The predicted molar refractivity (Wildman–Crippen MR) is 123 cm³/mol. The number of alkyl halides is 2. The maximum absolute atomic E-state index is 14.6. The smallest absolute Gasteiger partial charge is 0.262 e. The van der Waals surface area contributed by atoms with Crippen LogP contribution in [0.15, 0.2) is 47.9 Å². The van der Waals surface area contributed by atoms with Gasteiger partial charge in [0, 0.05) is 51.4 Å². The number of piperazine rings is 1. The minimum Gasteiger partial charge on any atom is -0.339 e. The summed E-state index contributed by atoms with van der Waals surface area (Å²) in [6.45, 7) is 1.27. The van der Waals surface area contributed by atoms with Crippen LogP contribution in [0.3, 0.4) is 0 Å². The van der Waals surface area contributed by atoms with Gasteiger partial charge in [0.15, 0.2) is 5.03 Å². The van der Waals surface area contributed by atoms with Crippen LogP contribution in [0.1, 0.15) is 36.0 Å². The number of sulfonamides is 1. The van der Waals surface area contributed by atoms with E-state index in [1.165, 1.54) is 16.8 Å². The van der Waals surface area contributed by atoms with E-state index < -0.39 is 27.2 Å². The lowest BCUT2D eigenvalue weighted by molar-refractivity contribution is -0.00798. The van der Waals surface area contributed by atoms with Crippen LogP contribution in [0.4, 0.5) is 4.39 Å². The molecule has 0 radical (unpaired) electrons. The summed E-state index contributed by atoms with van der Waals surface area (Å²) in [5, 5.41) is 2.88. The number of aromatic nitrogens is 2. The molecule has 1 saturated carbocycles. The van der Waals surface area contributed by atoms with Crippen LogP contribution in [-0.4, -0.2) is 76.5 Å². The van der Waals surface area contributed by atoms with Gasteiger partial charge in [0.05, 0.1) is 11.9 Å². The van der Waals surface area contributed by atoms with E-state index in [1.54, 1.807) is 35.9 Å². The molecule has 1 saturated heterocycles. The molecular formula is C22H29ClFN5O3S. The first kappa shape index (κ1) is 24.1. The molecule has 4 rings (SSSR count). The van der Waals surface area contributed by atoms with Crippen LogP contribution < -0.4 is 5.32 Å². The molecule has 1 N–H and O–H groups in total. The number of hydrogen-bond acceptors (Lipinski definition) is 5. The van der Waals surface area contributed by atoms with Gasteiger partial charge in [-0.05, 0) is 31.4 Å². The van der Waals surface area contributed by atoms with Crippen molar-refractivity contribution in [2.75, 3.05) is 26.2 Å². The number of nitrogens with zero attached hydrogens (tertiary/aromatic N) is 4. The summed E-state index contributed by atoms with van der Waals surface area (Å²) in [5.41, 5.74) is -1.12. The Morgan fingerprint density at radius 1 is 1.24 bits per heavy atom. The Kier molecular flexibility index (Phi) is 7.09. The number of carbonyl (C=O) groups is 1. The molecule has 33 heavy (non-hydrogen) atoms. The van der Waals surface area contributed by atoms with Crippen molar-refractivity contribution in [1.82, 2.24) is 24.1 Å². The largest absolute Gasteiger partial charge is 0.339 e. The van der Waals surface area contributed by atoms with E-state index in [2.05, 4.69) is 15.2 Å². The maximum atomic E-state index is 14.6. The summed E-state index contributed by atoms with van der Waals surface area (Å²) in [5.74, 6) is -0.313. The topological polar surface area (TPSA) is 87.5 Å². The molecule has 180 valence electrons. The van der Waals surface area contributed by atoms with Crippen LogP contribution in [0.25, 0.3) is 0 Å². The third-order valence-electron chi connectivity index (χ3n) is 6.62. The van der Waals surface area contributed by atoms with Crippen molar-refractivity contribution in [3.63, 3.8) is 0 Å². The summed E-state index contributed by atoms with van der Waals surface area (Å²) in [4.78, 5) is 18.8. The fraction of sp³-hybridized carbons (Fsp3) is 0.545. The van der Waals surface area contributed by atoms with Crippen LogP contribution in [-0.2, 0) is 17.1 Å². The average Bonchev–Trinajstić information content (AvgIpc) is 3.26. The first-order chi connectivity index (χ1) is 15.7. The standard InChI is InChI=1S/C22H29ClFN5O3S/c1-27-15-19(25-16-27)33(31,32)29-12-10-28(11-13-29)22(9-5-8-18(24)14-22)21(23)26-20(30)17-6-3-2-4-7-17/h2-4,6-7,15-16,18,21H,5,8-14H2,1H3,(H,26,30). The lowest BCUT2D eigenvalue weighted by atomic mass is 9.78. The van der Waals surface area contributed by atoms with Gasteiger partial charge < -0.3 is 9.88 Å². The van der Waals surface area contributed by atoms with Crippen molar-refractivity contribution >= 4 is 27.5 Å². The van der Waals surface area contributed by atoms with Gasteiger partial charge in [-0.25, -0.2) is 17.8 Å². The molecule has 1 aromatic carbocycles. The number of carbonyl (C=O) groups excluding carboxylic acids is 1. The summed E-state index contributed by atoms with van der Waals surface area (Å²) >= 11 is 6.80. The number of aryl methyl sites for hydroxylation is 1. The predicted octanol–water partition coefficient (Wildman–Crippen LogP) is 2.37. The van der Waals surface area contributed by atoms with E-state index in [0.29, 0.717) is 37.9 Å². The Bertz CT molecular complexity index is 1070. The molecule has 2 heterocycles. The van der Waals surface area contributed by atoms with Crippen molar-refractivity contribution in [3.8, 4) is 0 Å². The van der Waals surface area contributed by atoms with E-state index in [0.717, 1.165) is 0 Å². The second-order valence-electron chi connectivity index (χ2n) is 8.77. The zero-order valence-electron chi connectivity index (χ0n) is 18.5. The Hall–Kier alpha value is -2.01. The number of nitrogens with one attached hydrogen (secondary N) is 1. The number of halogens is 2. The number of hydrogen-bond donors (Lipinski definition) is 1. The Morgan fingerprint density at radius 2 is 1.94 bits per heavy atom. The van der Waals surface area contributed by atoms with Gasteiger partial charge >= 0.3 is 0 Å². The van der Waals surface area contributed by atoms with Gasteiger partial charge in [-0.1, -0.05) is 29.8 Å². The van der Waals surface area contributed by atoms with E-state index in [1.807, 2.05) is 6.07 Å². The normalized spacial score (nSPS) is 26.1. The summed E-state index contributed by atoms with van der Waals surface area (Å²) in [7, 11) is -1.99. The van der Waals surface area contributed by atoms with Crippen LogP contribution in [0.5, 0.6) is 0 Å². The Morgan fingerprint density at radius 3 is 2.55 bits per heavy atom. The zero-order chi connectivity index (χ0) is 23.6. The molecule has 2 aromatic rings. The molecule has 1 amide bonds. The van der Waals surface area contributed by atoms with Crippen molar-refractivity contribution < 1.29 is 17.6 Å². The molecule has 0 bridgehead atoms. The Balaban J connectivity index is 1.50. The molecule has 8 nitrogen and oxygen atoms in total. The van der Waals surface area contributed by atoms with E-state index in [4.69, 9.17) is 11.6 Å². The van der Waals surface area contributed by atoms with E-state index >= 15 is 0 Å². The number of benzene rings is 1. The fourth-order valence-electron chi connectivity index (χ4n) is 4.85. The van der Waals surface area contributed by atoms with Gasteiger partial charge in [-0.3, -0.25) is 9.69 Å². The maximum Gasteiger partial charge on any atom is 0.262 e. The van der Waals surface area contributed by atoms with Crippen molar-refractivity contribution in [3.05, 3.63) is 48.4 Å². The molecule has 1 aromatic heterocycles. The van der Waals surface area contributed by atoms with Gasteiger partial charge in [-0.2, -0.15) is 4.31 Å². The monoisotopic (exact) mass is 497 g/mol. The molecule has 0 spiro atoms. The summed E-state index contributed by atoms with van der Waals surface area (Å²) in [6, 6.07) is 8.77. The lowest BCUT2D eigenvalue weighted by Gasteiger charge is -2.52. The fourth-order valence-corrected chi connectivity index (χ4v) is 6.67. The first-order valence-electron chi connectivity index (χ1n) is 11.1. The molecule has 3 atom stereocenters.